The quantitative estimate of drug-likeness (QED) is 0.228. The van der Waals surface area contributed by atoms with E-state index in [-0.39, 0.29) is 10.3 Å². The fraction of sp³-hybridized carbons (Fsp3) is 0.294. The second-order valence-electron chi connectivity index (χ2n) is 11.0. The Kier molecular flexibility index (Phi) is 6.98. The molecule has 1 fully saturated rings. The highest BCUT2D eigenvalue weighted by Gasteiger charge is 2.54. The van der Waals surface area contributed by atoms with E-state index in [1.807, 2.05) is 0 Å². The number of aryl methyl sites for hydroxylation is 4. The van der Waals surface area contributed by atoms with Crippen LogP contribution in [0.5, 0.6) is 0 Å². The molecule has 184 valence electrons. The van der Waals surface area contributed by atoms with Gasteiger partial charge < -0.3 is 0 Å². The Bertz CT molecular complexity index is 1190. The van der Waals surface area contributed by atoms with Crippen LogP contribution in [0.15, 0.2) is 97.1 Å². The third-order valence-corrected chi connectivity index (χ3v) is 10.6. The molecule has 4 aromatic rings. The smallest absolute Gasteiger partial charge is 0.0375 e. The summed E-state index contributed by atoms with van der Waals surface area (Å²) in [5, 5.41) is -0.313. The Morgan fingerprint density at radius 3 is 0.917 bits per heavy atom. The van der Waals surface area contributed by atoms with Gasteiger partial charge in [0.25, 0.3) is 0 Å². The van der Waals surface area contributed by atoms with Crippen molar-refractivity contribution in [2.45, 2.75) is 50.8 Å². The van der Waals surface area contributed by atoms with E-state index < -0.39 is 0 Å². The van der Waals surface area contributed by atoms with Crippen molar-refractivity contribution in [1.29, 1.82) is 0 Å². The molecule has 0 aliphatic heterocycles. The zero-order valence-electron chi connectivity index (χ0n) is 22.0. The Morgan fingerprint density at radius 1 is 0.472 bits per heavy atom. The average Bonchev–Trinajstić information content (AvgIpc) is 2.83. The lowest BCUT2D eigenvalue weighted by molar-refractivity contribution is 0.109. The first kappa shape index (κ1) is 25.4. The zero-order chi connectivity index (χ0) is 25.5. The molecular weight excluding hydrogens is 470 g/mol. The minimum atomic E-state index is -0.156. The van der Waals surface area contributed by atoms with Gasteiger partial charge in [-0.1, -0.05) is 119 Å². The van der Waals surface area contributed by atoms with Crippen LogP contribution in [0.3, 0.4) is 0 Å². The highest BCUT2D eigenvalue weighted by molar-refractivity contribution is 7.19. The molecule has 0 spiro atoms. The van der Waals surface area contributed by atoms with Gasteiger partial charge in [-0.15, -0.1) is 18.5 Å². The van der Waals surface area contributed by atoms with Crippen molar-refractivity contribution in [3.05, 3.63) is 142 Å². The van der Waals surface area contributed by atoms with E-state index in [9.17, 15) is 0 Å². The minimum absolute atomic E-state index is 0.156. The molecule has 1 saturated carbocycles. The van der Waals surface area contributed by atoms with Crippen molar-refractivity contribution in [3.8, 4) is 0 Å². The van der Waals surface area contributed by atoms with E-state index in [0.29, 0.717) is 11.8 Å². The third-order valence-electron chi connectivity index (χ3n) is 8.43. The van der Waals surface area contributed by atoms with Gasteiger partial charge in [0.15, 0.2) is 0 Å². The second-order valence-corrected chi connectivity index (χ2v) is 12.8. The molecule has 2 heteroatoms. The first-order valence-electron chi connectivity index (χ1n) is 13.1. The summed E-state index contributed by atoms with van der Waals surface area (Å²) in [6.07, 6.45) is 2.42. The van der Waals surface area contributed by atoms with E-state index in [4.69, 9.17) is 0 Å². The summed E-state index contributed by atoms with van der Waals surface area (Å²) >= 11 is 0. The molecule has 0 N–H and O–H groups in total. The lowest BCUT2D eigenvalue weighted by atomic mass is 9.56. The van der Waals surface area contributed by atoms with Crippen LogP contribution >= 0.6 is 18.5 Å². The molecule has 0 heterocycles. The summed E-state index contributed by atoms with van der Waals surface area (Å²) in [5.74, 6) is 0.953. The van der Waals surface area contributed by atoms with E-state index in [1.165, 1.54) is 57.3 Å². The monoisotopic (exact) mass is 508 g/mol. The molecule has 1 aliphatic rings. The molecule has 1 aliphatic carbocycles. The van der Waals surface area contributed by atoms with E-state index in [0.717, 1.165) is 0 Å². The van der Waals surface area contributed by atoms with Gasteiger partial charge in [0.1, 0.15) is 0 Å². The highest BCUT2D eigenvalue weighted by atomic mass is 31.0. The molecule has 36 heavy (non-hydrogen) atoms. The SMILES string of the molecule is Cc1cccc(C(P)(c2cccc(C)c2)[C@@H]2CC[C@H]2C(P)(c2cccc(C)c2)c2cccc(C)c2)c1. The van der Waals surface area contributed by atoms with Gasteiger partial charge in [0, 0.05) is 10.3 Å². The van der Waals surface area contributed by atoms with Gasteiger partial charge in [-0.05, 0) is 74.6 Å². The second kappa shape index (κ2) is 9.89. The summed E-state index contributed by atoms with van der Waals surface area (Å²) < 4.78 is 0. The van der Waals surface area contributed by atoms with Crippen LogP contribution in [0.25, 0.3) is 0 Å². The van der Waals surface area contributed by atoms with Crippen LogP contribution in [-0.2, 0) is 10.3 Å². The van der Waals surface area contributed by atoms with Crippen molar-refractivity contribution < 1.29 is 0 Å². The molecule has 0 amide bonds. The number of hydrogen-bond donors (Lipinski definition) is 0. The van der Waals surface area contributed by atoms with Gasteiger partial charge in [-0.25, -0.2) is 0 Å². The number of hydrogen-bond acceptors (Lipinski definition) is 0. The molecule has 4 aromatic carbocycles. The summed E-state index contributed by atoms with van der Waals surface area (Å²) in [6.45, 7) is 8.84. The van der Waals surface area contributed by atoms with Gasteiger partial charge in [-0.2, -0.15) is 0 Å². The fourth-order valence-corrected chi connectivity index (χ4v) is 7.91. The molecule has 0 aromatic heterocycles. The van der Waals surface area contributed by atoms with Gasteiger partial charge >= 0.3 is 0 Å². The van der Waals surface area contributed by atoms with Crippen LogP contribution in [0.1, 0.15) is 57.3 Å². The molecule has 2 unspecified atom stereocenters. The molecule has 0 nitrogen and oxygen atoms in total. The summed E-state index contributed by atoms with van der Waals surface area (Å²) in [7, 11) is 6.73. The Hall–Kier alpha value is -2.26. The minimum Gasteiger partial charge on any atom is -0.121 e. The van der Waals surface area contributed by atoms with Crippen LogP contribution in [-0.4, -0.2) is 0 Å². The average molecular weight is 509 g/mol. The Labute approximate surface area is 222 Å². The van der Waals surface area contributed by atoms with Crippen molar-refractivity contribution in [1.82, 2.24) is 0 Å². The third kappa shape index (κ3) is 4.38. The first-order valence-corrected chi connectivity index (χ1v) is 14.2. The largest absolute Gasteiger partial charge is 0.121 e. The Balaban J connectivity index is 1.71. The highest BCUT2D eigenvalue weighted by Crippen LogP contribution is 2.64. The Morgan fingerprint density at radius 2 is 0.722 bits per heavy atom. The van der Waals surface area contributed by atoms with Crippen molar-refractivity contribution >= 4 is 18.5 Å². The molecule has 4 atom stereocenters. The topological polar surface area (TPSA) is 0 Å². The maximum atomic E-state index is 3.37. The standard InChI is InChI=1S/C34H38P2/c1-23-9-5-13-27(19-23)33(35,28-14-6-10-24(2)20-28)31-17-18-32(31)34(36,29-15-7-11-25(3)21-29)30-16-8-12-26(4)22-30/h5-16,19-22,31-32H,17-18,35-36H2,1-4H3/t31-,32-/m1/s1. The maximum absolute atomic E-state index is 3.37. The predicted molar refractivity (Wildman–Crippen MR) is 162 cm³/mol. The number of benzene rings is 4. The summed E-state index contributed by atoms with van der Waals surface area (Å²) in [6, 6.07) is 36.7. The van der Waals surface area contributed by atoms with Gasteiger partial charge in [0.05, 0.1) is 0 Å². The molecule has 0 bridgehead atoms. The fourth-order valence-electron chi connectivity index (χ4n) is 6.39. The van der Waals surface area contributed by atoms with E-state index in [2.05, 4.69) is 143 Å². The zero-order valence-corrected chi connectivity index (χ0v) is 24.3. The lowest BCUT2D eigenvalue weighted by Gasteiger charge is -2.56. The van der Waals surface area contributed by atoms with Crippen LogP contribution in [0.4, 0.5) is 0 Å². The van der Waals surface area contributed by atoms with E-state index in [1.54, 1.807) is 0 Å². The molecular formula is C34H38P2. The summed E-state index contributed by atoms with van der Waals surface area (Å²) in [4.78, 5) is 0. The van der Waals surface area contributed by atoms with Gasteiger partial charge in [-0.3, -0.25) is 0 Å². The van der Waals surface area contributed by atoms with Gasteiger partial charge in [0.2, 0.25) is 0 Å². The van der Waals surface area contributed by atoms with Crippen molar-refractivity contribution in [3.63, 3.8) is 0 Å². The van der Waals surface area contributed by atoms with Crippen LogP contribution in [0, 0.1) is 39.5 Å². The van der Waals surface area contributed by atoms with Crippen molar-refractivity contribution in [2.24, 2.45) is 11.8 Å². The normalized spacial score (nSPS) is 18.1. The van der Waals surface area contributed by atoms with Crippen LogP contribution in [0.2, 0.25) is 0 Å². The van der Waals surface area contributed by atoms with Crippen molar-refractivity contribution in [2.75, 3.05) is 0 Å². The lowest BCUT2D eigenvalue weighted by Crippen LogP contribution is -2.49. The molecule has 0 radical (unpaired) electrons. The number of rotatable bonds is 6. The first-order chi connectivity index (χ1) is 17.2. The van der Waals surface area contributed by atoms with E-state index >= 15 is 0 Å². The molecule has 5 rings (SSSR count). The summed E-state index contributed by atoms with van der Waals surface area (Å²) in [5.41, 5.74) is 10.9. The molecule has 0 saturated heterocycles. The predicted octanol–water partition coefficient (Wildman–Crippen LogP) is 8.88. The van der Waals surface area contributed by atoms with Crippen LogP contribution < -0.4 is 0 Å². The maximum Gasteiger partial charge on any atom is 0.0375 e.